The molecule has 84 valence electrons. The average Bonchev–Trinajstić information content (AvgIpc) is 2.81. The molecule has 0 aliphatic carbocycles. The first-order chi connectivity index (χ1) is 8.25. The number of rotatable bonds is 1. The molecule has 0 saturated heterocycles. The fourth-order valence-electron chi connectivity index (χ4n) is 1.86. The summed E-state index contributed by atoms with van der Waals surface area (Å²) in [5.74, 6) is 0. The van der Waals surface area contributed by atoms with E-state index in [0.717, 1.165) is 21.5 Å². The van der Waals surface area contributed by atoms with Crippen LogP contribution < -0.4 is 0 Å². The Morgan fingerprint density at radius 1 is 1.12 bits per heavy atom. The van der Waals surface area contributed by atoms with Gasteiger partial charge in [0, 0.05) is 24.9 Å². The lowest BCUT2D eigenvalue weighted by Gasteiger charge is -1.99. The number of nitrogens with zero attached hydrogens (tertiary/aromatic N) is 3. The SMILES string of the molecule is Cn1ccc(=S)n2nc(-c3ccccc3)cc12. The second-order valence-corrected chi connectivity index (χ2v) is 4.35. The van der Waals surface area contributed by atoms with Crippen LogP contribution in [0.3, 0.4) is 0 Å². The Bertz CT molecular complexity index is 725. The van der Waals surface area contributed by atoms with Gasteiger partial charge in [-0.1, -0.05) is 42.5 Å². The number of hydrogen-bond acceptors (Lipinski definition) is 2. The average molecular weight is 241 g/mol. The van der Waals surface area contributed by atoms with Crippen molar-refractivity contribution in [2.24, 2.45) is 7.05 Å². The molecular formula is C13H11N3S. The summed E-state index contributed by atoms with van der Waals surface area (Å²) in [6.07, 6.45) is 1.95. The van der Waals surface area contributed by atoms with Crippen LogP contribution in [-0.2, 0) is 7.05 Å². The molecule has 2 aromatic heterocycles. The molecule has 3 aromatic rings. The van der Waals surface area contributed by atoms with Crippen LogP contribution in [0.15, 0.2) is 48.7 Å². The molecule has 0 aliphatic heterocycles. The van der Waals surface area contributed by atoms with Gasteiger partial charge >= 0.3 is 0 Å². The Hall–Kier alpha value is -1.94. The minimum Gasteiger partial charge on any atom is -0.336 e. The van der Waals surface area contributed by atoms with Crippen LogP contribution in [0.2, 0.25) is 0 Å². The van der Waals surface area contributed by atoms with E-state index in [2.05, 4.69) is 5.10 Å². The number of aromatic nitrogens is 3. The Morgan fingerprint density at radius 3 is 2.59 bits per heavy atom. The van der Waals surface area contributed by atoms with Crippen molar-refractivity contribution < 1.29 is 0 Å². The first kappa shape index (κ1) is 10.2. The third-order valence-corrected chi connectivity index (χ3v) is 3.08. The number of aryl methyl sites for hydroxylation is 1. The zero-order valence-electron chi connectivity index (χ0n) is 9.37. The van der Waals surface area contributed by atoms with Gasteiger partial charge in [0.15, 0.2) is 0 Å². The molecule has 0 atom stereocenters. The van der Waals surface area contributed by atoms with Gasteiger partial charge in [-0.25, -0.2) is 4.52 Å². The topological polar surface area (TPSA) is 22.2 Å². The Balaban J connectivity index is 2.31. The molecule has 0 aliphatic rings. The zero-order valence-corrected chi connectivity index (χ0v) is 10.2. The predicted molar refractivity (Wildman–Crippen MR) is 70.4 cm³/mol. The van der Waals surface area contributed by atoms with Crippen molar-refractivity contribution in [1.82, 2.24) is 14.2 Å². The lowest BCUT2D eigenvalue weighted by molar-refractivity contribution is 0.841. The summed E-state index contributed by atoms with van der Waals surface area (Å²) >= 11 is 5.26. The number of fused-ring (bicyclic) bond motifs is 1. The predicted octanol–water partition coefficient (Wildman–Crippen LogP) is 3.07. The first-order valence-electron chi connectivity index (χ1n) is 5.36. The Kier molecular flexibility index (Phi) is 2.30. The van der Waals surface area contributed by atoms with Crippen LogP contribution in [0.25, 0.3) is 16.9 Å². The van der Waals surface area contributed by atoms with Crippen LogP contribution in [0.4, 0.5) is 0 Å². The summed E-state index contributed by atoms with van der Waals surface area (Å²) in [5.41, 5.74) is 3.04. The summed E-state index contributed by atoms with van der Waals surface area (Å²) in [6, 6.07) is 14.0. The summed E-state index contributed by atoms with van der Waals surface area (Å²) in [4.78, 5) is 0. The van der Waals surface area contributed by atoms with Crippen molar-refractivity contribution in [1.29, 1.82) is 0 Å². The molecule has 0 saturated carbocycles. The third-order valence-electron chi connectivity index (χ3n) is 2.77. The van der Waals surface area contributed by atoms with Gasteiger partial charge in [-0.3, -0.25) is 0 Å². The van der Waals surface area contributed by atoms with Crippen molar-refractivity contribution in [3.63, 3.8) is 0 Å². The third kappa shape index (κ3) is 1.66. The summed E-state index contributed by atoms with van der Waals surface area (Å²) < 4.78 is 4.52. The quantitative estimate of drug-likeness (QED) is 0.611. The Labute approximate surface area is 104 Å². The van der Waals surface area contributed by atoms with E-state index in [1.807, 2.05) is 60.3 Å². The van der Waals surface area contributed by atoms with E-state index in [1.165, 1.54) is 0 Å². The van der Waals surface area contributed by atoms with Crippen LogP contribution in [0, 0.1) is 4.64 Å². The summed E-state index contributed by atoms with van der Waals surface area (Å²) in [6.45, 7) is 0. The minimum absolute atomic E-state index is 0.722. The summed E-state index contributed by atoms with van der Waals surface area (Å²) in [5, 5.41) is 4.54. The van der Waals surface area contributed by atoms with Gasteiger partial charge in [0.05, 0.1) is 5.69 Å². The second-order valence-electron chi connectivity index (χ2n) is 3.93. The maximum Gasteiger partial charge on any atom is 0.137 e. The second kappa shape index (κ2) is 3.82. The first-order valence-corrected chi connectivity index (χ1v) is 5.77. The van der Waals surface area contributed by atoms with Crippen molar-refractivity contribution in [3.05, 3.63) is 53.3 Å². The monoisotopic (exact) mass is 241 g/mol. The molecule has 0 unspecified atom stereocenters. The van der Waals surface area contributed by atoms with Crippen LogP contribution in [-0.4, -0.2) is 14.2 Å². The van der Waals surface area contributed by atoms with Crippen molar-refractivity contribution >= 4 is 17.9 Å². The van der Waals surface area contributed by atoms with E-state index < -0.39 is 0 Å². The normalized spacial score (nSPS) is 10.9. The van der Waals surface area contributed by atoms with Gasteiger partial charge in [-0.2, -0.15) is 5.10 Å². The molecular weight excluding hydrogens is 230 g/mol. The fourth-order valence-corrected chi connectivity index (χ4v) is 2.05. The van der Waals surface area contributed by atoms with Crippen molar-refractivity contribution in [2.75, 3.05) is 0 Å². The van der Waals surface area contributed by atoms with Gasteiger partial charge in [-0.05, 0) is 6.07 Å². The molecule has 0 N–H and O–H groups in total. The van der Waals surface area contributed by atoms with Gasteiger partial charge in [0.25, 0.3) is 0 Å². The summed E-state index contributed by atoms with van der Waals surface area (Å²) in [7, 11) is 1.99. The smallest absolute Gasteiger partial charge is 0.137 e. The highest BCUT2D eigenvalue weighted by Crippen LogP contribution is 2.19. The lowest BCUT2D eigenvalue weighted by Crippen LogP contribution is -1.98. The molecule has 0 bridgehead atoms. The maximum absolute atomic E-state index is 5.26. The van der Waals surface area contributed by atoms with Crippen LogP contribution >= 0.6 is 12.2 Å². The highest BCUT2D eigenvalue weighted by atomic mass is 32.1. The largest absolute Gasteiger partial charge is 0.336 e. The van der Waals surface area contributed by atoms with Crippen molar-refractivity contribution in [2.45, 2.75) is 0 Å². The molecule has 1 aromatic carbocycles. The molecule has 0 spiro atoms. The minimum atomic E-state index is 0.722. The van der Waals surface area contributed by atoms with Crippen molar-refractivity contribution in [3.8, 4) is 11.3 Å². The Morgan fingerprint density at radius 2 is 1.88 bits per heavy atom. The standard InChI is InChI=1S/C13H11N3S/c1-15-8-7-13(17)16-12(15)9-11(14-16)10-5-3-2-4-6-10/h2-9H,1H3. The van der Waals surface area contributed by atoms with E-state index in [-0.39, 0.29) is 0 Å². The van der Waals surface area contributed by atoms with E-state index in [1.54, 1.807) is 4.52 Å². The number of hydrogen-bond donors (Lipinski definition) is 0. The molecule has 3 nitrogen and oxygen atoms in total. The molecule has 2 heterocycles. The molecule has 0 fully saturated rings. The van der Waals surface area contributed by atoms with E-state index >= 15 is 0 Å². The van der Waals surface area contributed by atoms with E-state index in [4.69, 9.17) is 12.2 Å². The highest BCUT2D eigenvalue weighted by molar-refractivity contribution is 7.71. The lowest BCUT2D eigenvalue weighted by atomic mass is 10.2. The fraction of sp³-hybridized carbons (Fsp3) is 0.0769. The van der Waals surface area contributed by atoms with Crippen LogP contribution in [0.5, 0.6) is 0 Å². The maximum atomic E-state index is 5.26. The van der Waals surface area contributed by atoms with Gasteiger partial charge < -0.3 is 4.57 Å². The molecule has 0 amide bonds. The highest BCUT2D eigenvalue weighted by Gasteiger charge is 2.05. The molecule has 17 heavy (non-hydrogen) atoms. The molecule has 0 radical (unpaired) electrons. The number of benzene rings is 1. The van der Waals surface area contributed by atoms with E-state index in [0.29, 0.717) is 0 Å². The van der Waals surface area contributed by atoms with Gasteiger partial charge in [0.1, 0.15) is 10.3 Å². The van der Waals surface area contributed by atoms with E-state index in [9.17, 15) is 0 Å². The van der Waals surface area contributed by atoms with Gasteiger partial charge in [0.2, 0.25) is 0 Å². The van der Waals surface area contributed by atoms with Crippen LogP contribution in [0.1, 0.15) is 0 Å². The zero-order chi connectivity index (χ0) is 11.8. The molecule has 4 heteroatoms. The molecule has 3 rings (SSSR count). The van der Waals surface area contributed by atoms with Gasteiger partial charge in [-0.15, -0.1) is 0 Å².